The van der Waals surface area contributed by atoms with E-state index in [1.165, 1.54) is 21.7 Å². The first-order valence-electron chi connectivity index (χ1n) is 7.61. The molecule has 21 heavy (non-hydrogen) atoms. The van der Waals surface area contributed by atoms with Gasteiger partial charge in [0, 0.05) is 16.2 Å². The Balaban J connectivity index is 1.90. The highest BCUT2D eigenvalue weighted by Gasteiger charge is 2.37. The highest BCUT2D eigenvalue weighted by Crippen LogP contribution is 2.32. The van der Waals surface area contributed by atoms with Crippen molar-refractivity contribution in [3.63, 3.8) is 0 Å². The van der Waals surface area contributed by atoms with E-state index in [-0.39, 0.29) is 12.3 Å². The Morgan fingerprint density at radius 3 is 2.62 bits per heavy atom. The van der Waals surface area contributed by atoms with Gasteiger partial charge in [0.2, 0.25) is 5.91 Å². The molecule has 1 amide bonds. The number of carbonyl (C=O) groups excluding carboxylic acids is 1. The summed E-state index contributed by atoms with van der Waals surface area (Å²) >= 11 is 1.77. The number of carboxylic acids is 1. The summed E-state index contributed by atoms with van der Waals surface area (Å²) in [6.07, 6.45) is 4.54. The Kier molecular flexibility index (Phi) is 5.04. The molecule has 0 atom stereocenters. The number of aliphatic carboxylic acids is 1. The van der Waals surface area contributed by atoms with Crippen LogP contribution in [0.5, 0.6) is 0 Å². The zero-order valence-electron chi connectivity index (χ0n) is 12.7. The molecule has 1 aromatic rings. The lowest BCUT2D eigenvalue weighted by molar-refractivity contribution is -0.152. The molecule has 0 radical (unpaired) electrons. The molecule has 0 fully saturated rings. The van der Waals surface area contributed by atoms with Gasteiger partial charge in [-0.05, 0) is 43.7 Å². The Morgan fingerprint density at radius 2 is 2.05 bits per heavy atom. The Hall–Kier alpha value is -1.36. The topological polar surface area (TPSA) is 66.4 Å². The first kappa shape index (κ1) is 16.0. The Bertz CT molecular complexity index is 510. The molecular formula is C16H23NO3S. The maximum absolute atomic E-state index is 12.1. The van der Waals surface area contributed by atoms with Crippen molar-refractivity contribution in [3.8, 4) is 0 Å². The third kappa shape index (κ3) is 3.46. The fourth-order valence-corrected chi connectivity index (χ4v) is 4.11. The van der Waals surface area contributed by atoms with Crippen molar-refractivity contribution in [1.82, 2.24) is 5.32 Å². The summed E-state index contributed by atoms with van der Waals surface area (Å²) in [4.78, 5) is 26.1. The second-order valence-corrected chi connectivity index (χ2v) is 6.98. The van der Waals surface area contributed by atoms with Crippen LogP contribution in [0.25, 0.3) is 0 Å². The summed E-state index contributed by atoms with van der Waals surface area (Å²) in [5.74, 6) is -1.05. The number of carbonyl (C=O) groups is 2. The fraction of sp³-hybridized carbons (Fsp3) is 0.625. The zero-order valence-corrected chi connectivity index (χ0v) is 13.5. The van der Waals surface area contributed by atoms with Crippen LogP contribution in [0.1, 0.15) is 54.8 Å². The average molecular weight is 309 g/mol. The minimum absolute atomic E-state index is 0.0560. The van der Waals surface area contributed by atoms with E-state index in [0.29, 0.717) is 19.4 Å². The number of fused-ring (bicyclic) bond motifs is 1. The van der Waals surface area contributed by atoms with Crippen LogP contribution in [0.3, 0.4) is 0 Å². The Labute approximate surface area is 129 Å². The average Bonchev–Trinajstić information content (AvgIpc) is 3.03. The van der Waals surface area contributed by atoms with Crippen molar-refractivity contribution in [2.24, 2.45) is 5.41 Å². The minimum Gasteiger partial charge on any atom is -0.481 e. The van der Waals surface area contributed by atoms with Gasteiger partial charge in [-0.1, -0.05) is 13.8 Å². The number of hydrogen-bond donors (Lipinski definition) is 2. The number of nitrogens with one attached hydrogen (secondary N) is 1. The molecule has 1 aromatic heterocycles. The van der Waals surface area contributed by atoms with Crippen molar-refractivity contribution in [3.05, 3.63) is 21.4 Å². The van der Waals surface area contributed by atoms with Gasteiger partial charge in [-0.15, -0.1) is 11.3 Å². The lowest BCUT2D eigenvalue weighted by Gasteiger charge is -2.25. The third-order valence-electron chi connectivity index (χ3n) is 4.56. The summed E-state index contributed by atoms with van der Waals surface area (Å²) in [5, 5.41) is 12.2. The molecule has 1 aliphatic carbocycles. The van der Waals surface area contributed by atoms with Crippen LogP contribution in [-0.4, -0.2) is 17.0 Å². The molecule has 0 aliphatic heterocycles. The highest BCUT2D eigenvalue weighted by atomic mass is 32.1. The van der Waals surface area contributed by atoms with E-state index in [4.69, 9.17) is 0 Å². The van der Waals surface area contributed by atoms with Crippen molar-refractivity contribution in [1.29, 1.82) is 0 Å². The van der Waals surface area contributed by atoms with Crippen molar-refractivity contribution >= 4 is 23.2 Å². The number of amides is 1. The number of carboxylic acid groups (broad SMARTS) is 1. The van der Waals surface area contributed by atoms with Crippen LogP contribution in [0.4, 0.5) is 0 Å². The van der Waals surface area contributed by atoms with E-state index >= 15 is 0 Å². The maximum atomic E-state index is 12.1. The van der Waals surface area contributed by atoms with Gasteiger partial charge in [0.15, 0.2) is 0 Å². The van der Waals surface area contributed by atoms with Gasteiger partial charge < -0.3 is 10.4 Å². The van der Waals surface area contributed by atoms with Gasteiger partial charge >= 0.3 is 5.97 Å². The van der Waals surface area contributed by atoms with Crippen LogP contribution < -0.4 is 5.32 Å². The number of hydrogen-bond acceptors (Lipinski definition) is 3. The molecular weight excluding hydrogens is 286 g/mol. The molecule has 1 aliphatic rings. The Morgan fingerprint density at radius 1 is 1.33 bits per heavy atom. The first-order chi connectivity index (χ1) is 10.0. The summed E-state index contributed by atoms with van der Waals surface area (Å²) in [6.45, 7) is 4.17. The second-order valence-electron chi connectivity index (χ2n) is 5.76. The van der Waals surface area contributed by atoms with Gasteiger partial charge in [0.25, 0.3) is 0 Å². The highest BCUT2D eigenvalue weighted by molar-refractivity contribution is 7.12. The maximum Gasteiger partial charge on any atom is 0.310 e. The first-order valence-corrected chi connectivity index (χ1v) is 8.43. The molecule has 116 valence electrons. The van der Waals surface area contributed by atoms with Crippen LogP contribution in [-0.2, 0) is 29.0 Å². The lowest BCUT2D eigenvalue weighted by atomic mass is 9.79. The zero-order chi connectivity index (χ0) is 15.5. The van der Waals surface area contributed by atoms with Crippen molar-refractivity contribution < 1.29 is 14.7 Å². The van der Waals surface area contributed by atoms with Crippen LogP contribution >= 0.6 is 11.3 Å². The van der Waals surface area contributed by atoms with Gasteiger partial charge in [-0.2, -0.15) is 0 Å². The molecule has 2 rings (SSSR count). The number of aryl methyl sites for hydroxylation is 2. The molecule has 5 heteroatoms. The quantitative estimate of drug-likeness (QED) is 0.813. The van der Waals surface area contributed by atoms with E-state index in [2.05, 4.69) is 11.4 Å². The van der Waals surface area contributed by atoms with Crippen LogP contribution in [0.15, 0.2) is 6.07 Å². The van der Waals surface area contributed by atoms with Crippen molar-refractivity contribution in [2.75, 3.05) is 0 Å². The SMILES string of the molecule is CCC(CC)(CC(=O)NCc1cc2c(s1)CCC2)C(=O)O. The largest absolute Gasteiger partial charge is 0.481 e. The lowest BCUT2D eigenvalue weighted by Crippen LogP contribution is -2.36. The van der Waals surface area contributed by atoms with E-state index in [1.54, 1.807) is 11.3 Å². The molecule has 0 unspecified atom stereocenters. The molecule has 0 spiro atoms. The minimum atomic E-state index is -0.929. The van der Waals surface area contributed by atoms with E-state index in [9.17, 15) is 14.7 Å². The van der Waals surface area contributed by atoms with Gasteiger partial charge in [0.05, 0.1) is 12.0 Å². The summed E-state index contributed by atoms with van der Waals surface area (Å²) in [7, 11) is 0. The number of thiophene rings is 1. The fourth-order valence-electron chi connectivity index (χ4n) is 2.91. The predicted octanol–water partition coefficient (Wildman–Crippen LogP) is 3.13. The predicted molar refractivity (Wildman–Crippen MR) is 83.5 cm³/mol. The summed E-state index contributed by atoms with van der Waals surface area (Å²) in [6, 6.07) is 2.18. The van der Waals surface area contributed by atoms with Gasteiger partial charge in [0.1, 0.15) is 0 Å². The molecule has 4 nitrogen and oxygen atoms in total. The molecule has 0 saturated heterocycles. The number of rotatable bonds is 7. The smallest absolute Gasteiger partial charge is 0.310 e. The monoisotopic (exact) mass is 309 g/mol. The molecule has 0 saturated carbocycles. The molecule has 2 N–H and O–H groups in total. The van der Waals surface area contributed by atoms with Crippen molar-refractivity contribution in [2.45, 2.75) is 58.9 Å². The van der Waals surface area contributed by atoms with Gasteiger partial charge in [-0.25, -0.2) is 0 Å². The molecule has 0 aromatic carbocycles. The van der Waals surface area contributed by atoms with E-state index < -0.39 is 11.4 Å². The van der Waals surface area contributed by atoms with E-state index in [0.717, 1.165) is 12.8 Å². The third-order valence-corrected chi connectivity index (χ3v) is 5.80. The molecule has 0 bridgehead atoms. The normalized spacial score (nSPS) is 14.0. The second kappa shape index (κ2) is 6.60. The summed E-state index contributed by atoms with van der Waals surface area (Å²) in [5.41, 5.74) is 0.493. The van der Waals surface area contributed by atoms with Gasteiger partial charge in [-0.3, -0.25) is 9.59 Å². The molecule has 1 heterocycles. The summed E-state index contributed by atoms with van der Waals surface area (Å²) < 4.78 is 0. The van der Waals surface area contributed by atoms with E-state index in [1.807, 2.05) is 13.8 Å². The van der Waals surface area contributed by atoms with Crippen LogP contribution in [0.2, 0.25) is 0 Å². The standard InChI is InChI=1S/C16H23NO3S/c1-3-16(4-2,15(19)20)9-14(18)17-10-12-8-11-6-5-7-13(11)21-12/h8H,3-7,9-10H2,1-2H3,(H,17,18)(H,19,20). The van der Waals surface area contributed by atoms with Crippen LogP contribution in [0, 0.1) is 5.41 Å².